The summed E-state index contributed by atoms with van der Waals surface area (Å²) in [5.41, 5.74) is 2.41. The number of rotatable bonds is 9. The second-order valence-corrected chi connectivity index (χ2v) is 7.36. The fourth-order valence-electron chi connectivity index (χ4n) is 2.39. The number of nitrogens with one attached hydrogen (secondary N) is 2. The van der Waals surface area contributed by atoms with Crippen molar-refractivity contribution in [2.45, 2.75) is 46.1 Å². The molecule has 0 fully saturated rings. The Morgan fingerprint density at radius 2 is 2.11 bits per heavy atom. The van der Waals surface area contributed by atoms with Crippen LogP contribution >= 0.6 is 35.3 Å². The van der Waals surface area contributed by atoms with E-state index in [1.54, 1.807) is 18.4 Å². The molecule has 1 aromatic heterocycles. The molecule has 1 heterocycles. The molecule has 2 N–H and O–H groups in total. The molecule has 0 spiro atoms. The zero-order valence-corrected chi connectivity index (χ0v) is 19.8. The molecule has 0 atom stereocenters. The predicted molar refractivity (Wildman–Crippen MR) is 126 cm³/mol. The van der Waals surface area contributed by atoms with Gasteiger partial charge in [-0.2, -0.15) is 0 Å². The molecule has 27 heavy (non-hydrogen) atoms. The lowest BCUT2D eigenvalue weighted by Crippen LogP contribution is -2.37. The minimum absolute atomic E-state index is 0. The van der Waals surface area contributed by atoms with Crippen LogP contribution in [-0.4, -0.2) is 31.1 Å². The Labute approximate surface area is 184 Å². The van der Waals surface area contributed by atoms with Crippen molar-refractivity contribution < 1.29 is 4.74 Å². The second kappa shape index (κ2) is 12.9. The largest absolute Gasteiger partial charge is 0.494 e. The molecule has 150 valence electrons. The van der Waals surface area contributed by atoms with Gasteiger partial charge in [0.05, 0.1) is 18.8 Å². The Kier molecular flexibility index (Phi) is 11.3. The SMILES string of the molecule is CCCOc1cccc(CCNC(=NC)NCc2nc(C(C)C)cs2)c1.I. The second-order valence-electron chi connectivity index (χ2n) is 6.42. The van der Waals surface area contributed by atoms with Crippen molar-refractivity contribution in [1.82, 2.24) is 15.6 Å². The summed E-state index contributed by atoms with van der Waals surface area (Å²) in [6, 6.07) is 8.28. The number of ether oxygens (including phenoxy) is 1. The summed E-state index contributed by atoms with van der Waals surface area (Å²) in [6.07, 6.45) is 1.93. The molecule has 1 aromatic carbocycles. The van der Waals surface area contributed by atoms with Crippen LogP contribution in [0.15, 0.2) is 34.6 Å². The summed E-state index contributed by atoms with van der Waals surface area (Å²) in [5.74, 6) is 2.20. The van der Waals surface area contributed by atoms with Crippen molar-refractivity contribution in [2.24, 2.45) is 4.99 Å². The number of halogens is 1. The van der Waals surface area contributed by atoms with Gasteiger partial charge < -0.3 is 15.4 Å². The van der Waals surface area contributed by atoms with Crippen LogP contribution in [0.25, 0.3) is 0 Å². The van der Waals surface area contributed by atoms with Crippen molar-refractivity contribution >= 4 is 41.3 Å². The van der Waals surface area contributed by atoms with E-state index in [4.69, 9.17) is 4.74 Å². The van der Waals surface area contributed by atoms with E-state index in [9.17, 15) is 0 Å². The van der Waals surface area contributed by atoms with Gasteiger partial charge in [-0.1, -0.05) is 32.9 Å². The van der Waals surface area contributed by atoms with Gasteiger partial charge in [0, 0.05) is 19.0 Å². The first-order valence-electron chi connectivity index (χ1n) is 9.23. The molecule has 0 saturated heterocycles. The van der Waals surface area contributed by atoms with Gasteiger partial charge in [-0.15, -0.1) is 35.3 Å². The Bertz CT molecular complexity index is 703. The Morgan fingerprint density at radius 1 is 1.30 bits per heavy atom. The van der Waals surface area contributed by atoms with Crippen molar-refractivity contribution in [3.63, 3.8) is 0 Å². The molecule has 0 amide bonds. The minimum atomic E-state index is 0. The number of guanidine groups is 1. The number of benzene rings is 1. The Balaban J connectivity index is 0.00000364. The topological polar surface area (TPSA) is 58.5 Å². The maximum Gasteiger partial charge on any atom is 0.191 e. The normalized spacial score (nSPS) is 11.2. The third kappa shape index (κ3) is 8.47. The van der Waals surface area contributed by atoms with Crippen molar-refractivity contribution in [3.8, 4) is 5.75 Å². The summed E-state index contributed by atoms with van der Waals surface area (Å²) in [5, 5.41) is 9.89. The molecule has 7 heteroatoms. The summed E-state index contributed by atoms with van der Waals surface area (Å²) in [6.45, 7) is 8.70. The monoisotopic (exact) mass is 502 g/mol. The van der Waals surface area contributed by atoms with E-state index in [2.05, 4.69) is 58.9 Å². The third-order valence-electron chi connectivity index (χ3n) is 3.87. The molecular formula is C20H31IN4OS. The number of hydrogen-bond acceptors (Lipinski definition) is 4. The van der Waals surface area contributed by atoms with Crippen molar-refractivity contribution in [3.05, 3.63) is 45.9 Å². The zero-order chi connectivity index (χ0) is 18.8. The summed E-state index contributed by atoms with van der Waals surface area (Å²) in [4.78, 5) is 8.92. The molecule has 0 aliphatic heterocycles. The fourth-order valence-corrected chi connectivity index (χ4v) is 3.28. The Morgan fingerprint density at radius 3 is 2.78 bits per heavy atom. The molecule has 0 bridgehead atoms. The number of nitrogens with zero attached hydrogens (tertiary/aromatic N) is 2. The first-order chi connectivity index (χ1) is 12.6. The van der Waals surface area contributed by atoms with Crippen LogP contribution in [-0.2, 0) is 13.0 Å². The number of thiazole rings is 1. The van der Waals surface area contributed by atoms with Gasteiger partial charge in [0.1, 0.15) is 10.8 Å². The van der Waals surface area contributed by atoms with Gasteiger partial charge in [-0.3, -0.25) is 4.99 Å². The summed E-state index contributed by atoms with van der Waals surface area (Å²) in [7, 11) is 1.79. The lowest BCUT2D eigenvalue weighted by Gasteiger charge is -2.11. The highest BCUT2D eigenvalue weighted by Crippen LogP contribution is 2.17. The molecule has 0 aliphatic carbocycles. The van der Waals surface area contributed by atoms with Crippen molar-refractivity contribution in [1.29, 1.82) is 0 Å². The summed E-state index contributed by atoms with van der Waals surface area (Å²) >= 11 is 1.69. The van der Waals surface area contributed by atoms with Crippen LogP contribution in [0.3, 0.4) is 0 Å². The molecule has 2 aromatic rings. The first kappa shape index (κ1) is 23.7. The van der Waals surface area contributed by atoms with E-state index < -0.39 is 0 Å². The van der Waals surface area contributed by atoms with Gasteiger partial charge in [-0.25, -0.2) is 4.98 Å². The molecule has 0 aliphatic rings. The van der Waals surface area contributed by atoms with Gasteiger partial charge in [0.25, 0.3) is 0 Å². The molecule has 0 saturated carbocycles. The van der Waals surface area contributed by atoms with Crippen LogP contribution in [0, 0.1) is 0 Å². The smallest absolute Gasteiger partial charge is 0.191 e. The van der Waals surface area contributed by atoms with Crippen LogP contribution in [0.5, 0.6) is 5.75 Å². The maximum atomic E-state index is 5.69. The predicted octanol–water partition coefficient (Wildman–Crippen LogP) is 4.58. The molecular weight excluding hydrogens is 471 g/mol. The highest BCUT2D eigenvalue weighted by Gasteiger charge is 2.06. The van der Waals surface area contributed by atoms with E-state index in [0.717, 1.165) is 48.4 Å². The van der Waals surface area contributed by atoms with Crippen LogP contribution < -0.4 is 15.4 Å². The zero-order valence-electron chi connectivity index (χ0n) is 16.6. The van der Waals surface area contributed by atoms with Crippen LogP contribution in [0.4, 0.5) is 0 Å². The van der Waals surface area contributed by atoms with Crippen LogP contribution in [0.1, 0.15) is 49.4 Å². The minimum Gasteiger partial charge on any atom is -0.494 e. The highest BCUT2D eigenvalue weighted by molar-refractivity contribution is 14.0. The van der Waals surface area contributed by atoms with Gasteiger partial charge in [0.2, 0.25) is 0 Å². The van der Waals surface area contributed by atoms with E-state index in [-0.39, 0.29) is 24.0 Å². The molecule has 2 rings (SSSR count). The highest BCUT2D eigenvalue weighted by atomic mass is 127. The first-order valence-corrected chi connectivity index (χ1v) is 10.1. The lowest BCUT2D eigenvalue weighted by atomic mass is 10.1. The van der Waals surface area contributed by atoms with E-state index in [0.29, 0.717) is 12.5 Å². The summed E-state index contributed by atoms with van der Waals surface area (Å²) < 4.78 is 5.69. The molecule has 0 radical (unpaired) electrons. The van der Waals surface area contributed by atoms with Gasteiger partial charge in [0.15, 0.2) is 5.96 Å². The number of aliphatic imine (C=N–C) groups is 1. The van der Waals surface area contributed by atoms with E-state index in [1.165, 1.54) is 5.56 Å². The van der Waals surface area contributed by atoms with Crippen LogP contribution in [0.2, 0.25) is 0 Å². The Hall–Kier alpha value is -1.35. The number of aromatic nitrogens is 1. The number of hydrogen-bond donors (Lipinski definition) is 2. The fraction of sp³-hybridized carbons (Fsp3) is 0.500. The average Bonchev–Trinajstić information content (AvgIpc) is 3.12. The van der Waals surface area contributed by atoms with Gasteiger partial charge in [-0.05, 0) is 36.5 Å². The van der Waals surface area contributed by atoms with Crippen molar-refractivity contribution in [2.75, 3.05) is 20.2 Å². The maximum absolute atomic E-state index is 5.69. The quantitative estimate of drug-likeness (QED) is 0.300. The third-order valence-corrected chi connectivity index (χ3v) is 4.74. The lowest BCUT2D eigenvalue weighted by molar-refractivity contribution is 0.317. The van der Waals surface area contributed by atoms with Gasteiger partial charge >= 0.3 is 0 Å². The van der Waals surface area contributed by atoms with E-state index in [1.807, 2.05) is 12.1 Å². The molecule has 5 nitrogen and oxygen atoms in total. The molecule has 0 unspecified atom stereocenters. The average molecular weight is 502 g/mol. The van der Waals surface area contributed by atoms with E-state index >= 15 is 0 Å². The standard InChI is InChI=1S/C20H30N4OS.HI/c1-5-11-25-17-8-6-7-16(12-17)9-10-22-20(21-4)23-13-19-24-18(14-26-19)15(2)3;/h6-8,12,14-15H,5,9-11,13H2,1-4H3,(H2,21,22,23);1H.